The second-order valence-electron chi connectivity index (χ2n) is 31.3. The van der Waals surface area contributed by atoms with Crippen LogP contribution < -0.4 is 47.3 Å². The average molecular weight is 1150 g/mol. The number of benzene rings is 10. The third-order valence-electron chi connectivity index (χ3n) is 19.9. The highest BCUT2D eigenvalue weighted by Gasteiger charge is 2.48. The lowest BCUT2D eigenvalue weighted by Gasteiger charge is -2.45. The first-order valence-electron chi connectivity index (χ1n) is 32.0. The third-order valence-corrected chi connectivity index (χ3v) is 19.9. The highest BCUT2D eigenvalue weighted by Crippen LogP contribution is 2.50. The zero-order chi connectivity index (χ0) is 61.6. The Morgan fingerprint density at radius 3 is 1.30 bits per heavy atom. The summed E-state index contributed by atoms with van der Waals surface area (Å²) in [6.07, 6.45) is 0. The van der Waals surface area contributed by atoms with Gasteiger partial charge in [-0.1, -0.05) is 218 Å². The second kappa shape index (κ2) is 19.0. The predicted octanol–water partition coefficient (Wildman–Crippen LogP) is 18.2. The summed E-state index contributed by atoms with van der Waals surface area (Å²) in [6.45, 7) is 39.2. The van der Waals surface area contributed by atoms with Gasteiger partial charge in [0.05, 0.1) is 5.52 Å². The second-order valence-corrected chi connectivity index (χ2v) is 31.3. The van der Waals surface area contributed by atoms with Crippen LogP contribution in [0.3, 0.4) is 0 Å². The molecule has 0 atom stereocenters. The largest absolute Gasteiger partial charge is 0.458 e. The minimum atomic E-state index is -0.138. The van der Waals surface area contributed by atoms with Crippen LogP contribution in [-0.4, -0.2) is 18.0 Å². The van der Waals surface area contributed by atoms with Gasteiger partial charge in [-0.3, -0.25) is 0 Å². The molecule has 6 heteroatoms. The molecular formula is C82H81B2N3O. The Kier molecular flexibility index (Phi) is 12.1. The molecule has 0 saturated heterocycles. The molecule has 0 saturated carbocycles. The smallest absolute Gasteiger partial charge is 0.256 e. The van der Waals surface area contributed by atoms with Crippen molar-refractivity contribution in [1.29, 1.82) is 0 Å². The summed E-state index contributed by atoms with van der Waals surface area (Å²) in [5.41, 5.74) is 31.8. The van der Waals surface area contributed by atoms with Gasteiger partial charge in [-0.15, -0.1) is 0 Å². The Morgan fingerprint density at radius 1 is 0.307 bits per heavy atom. The Hall–Kier alpha value is -8.47. The highest BCUT2D eigenvalue weighted by atomic mass is 16.5. The van der Waals surface area contributed by atoms with Gasteiger partial charge in [0, 0.05) is 62.2 Å². The first-order valence-corrected chi connectivity index (χ1v) is 32.0. The summed E-state index contributed by atoms with van der Waals surface area (Å²) < 4.78 is 10.4. The van der Waals surface area contributed by atoms with Crippen LogP contribution in [0.25, 0.3) is 49.7 Å². The number of anilines is 6. The number of fused-ring (bicyclic) bond motifs is 11. The van der Waals surface area contributed by atoms with Gasteiger partial charge in [-0.2, -0.15) is 0 Å². The van der Waals surface area contributed by atoms with Crippen LogP contribution in [0.4, 0.5) is 34.1 Å². The molecular weight excluding hydrogens is 1060 g/mol. The lowest BCUT2D eigenvalue weighted by atomic mass is 9.30. The van der Waals surface area contributed by atoms with E-state index in [9.17, 15) is 0 Å². The van der Waals surface area contributed by atoms with Gasteiger partial charge in [0.1, 0.15) is 11.5 Å². The molecule has 4 nitrogen and oxygen atoms in total. The van der Waals surface area contributed by atoms with Crippen LogP contribution in [0.1, 0.15) is 143 Å². The summed E-state index contributed by atoms with van der Waals surface area (Å²) in [5.74, 6) is 1.80. The molecule has 5 heterocycles. The molecule has 4 aliphatic rings. The number of rotatable bonds is 4. The van der Waals surface area contributed by atoms with E-state index >= 15 is 0 Å². The first-order chi connectivity index (χ1) is 41.6. The standard InChI is InChI=1S/C82H81B2N3O/c1-48-18-22-50(23-19-48)52-38-70-75-71(39-52)86(60-34-28-55(29-35-60)79(6,7)8)69-47-73-65(46-64(69)83(75)63-44-57(81(12,13)14)31-37-68(63)85(70)59-32-26-54(27-33-59)78(3,4)5)84-66-45-58(82(15,16)17)43-62-61-42-56(80(9,10)11)30-36-67(61)87(77(62)66)72-40-53(41-74(88-73)76(72)84)51-24-20-49(2)21-25-51/h18-47H,1-17H3. The van der Waals surface area contributed by atoms with Crippen molar-refractivity contribution in [1.82, 2.24) is 4.57 Å². The fourth-order valence-corrected chi connectivity index (χ4v) is 14.7. The molecule has 1 aromatic heterocycles. The molecule has 0 amide bonds. The van der Waals surface area contributed by atoms with E-state index in [2.05, 4.69) is 314 Å². The molecule has 4 aliphatic heterocycles. The van der Waals surface area contributed by atoms with E-state index in [0.29, 0.717) is 0 Å². The van der Waals surface area contributed by atoms with E-state index in [-0.39, 0.29) is 40.5 Å². The zero-order valence-electron chi connectivity index (χ0n) is 54.7. The maximum absolute atomic E-state index is 7.78. The Balaban J connectivity index is 1.07. The number of nitrogens with zero attached hydrogens (tertiary/aromatic N) is 3. The molecule has 0 aliphatic carbocycles. The summed E-state index contributed by atoms with van der Waals surface area (Å²) in [7, 11) is 0. The Morgan fingerprint density at radius 2 is 0.750 bits per heavy atom. The van der Waals surface area contributed by atoms with Crippen LogP contribution in [0.5, 0.6) is 11.5 Å². The first kappa shape index (κ1) is 56.1. The summed E-state index contributed by atoms with van der Waals surface area (Å²) in [4.78, 5) is 5.17. The predicted molar refractivity (Wildman–Crippen MR) is 380 cm³/mol. The maximum atomic E-state index is 7.78. The lowest BCUT2D eigenvalue weighted by Crippen LogP contribution is -2.64. The highest BCUT2D eigenvalue weighted by molar-refractivity contribution is 7.02. The normalized spacial score (nSPS) is 14.2. The molecule has 88 heavy (non-hydrogen) atoms. The quantitative estimate of drug-likeness (QED) is 0.164. The van der Waals surface area contributed by atoms with Gasteiger partial charge in [-0.05, 0) is 197 Å². The summed E-state index contributed by atoms with van der Waals surface area (Å²) in [6, 6.07) is 71.5. The van der Waals surface area contributed by atoms with Crippen molar-refractivity contribution < 1.29 is 4.74 Å². The van der Waals surface area contributed by atoms with Gasteiger partial charge in [0.2, 0.25) is 0 Å². The molecule has 436 valence electrons. The molecule has 0 bridgehead atoms. The van der Waals surface area contributed by atoms with Crippen LogP contribution in [0, 0.1) is 13.8 Å². The van der Waals surface area contributed by atoms with Crippen LogP contribution in [-0.2, 0) is 27.1 Å². The van der Waals surface area contributed by atoms with Gasteiger partial charge in [-0.25, -0.2) is 0 Å². The SMILES string of the molecule is Cc1ccc(-c2cc3c4c(c2)N(c2ccc(C(C)(C)C)cc2)c2cc5c(cc2B4c2cc(C(C)(C)C)ccc2N3c2ccc(C(C)(C)C)cc2)B2c3c(cc(-c4ccc(C)cc4)cc3-n3c4ccc(C(C)(C)C)cc4c4cc(C(C)(C)C)cc2c43)O5)cc1. The Bertz CT molecular complexity index is 4720. The molecule has 0 radical (unpaired) electrons. The number of hydrogen-bond donors (Lipinski definition) is 0. The van der Waals surface area contributed by atoms with Crippen molar-refractivity contribution in [3.05, 3.63) is 221 Å². The fourth-order valence-electron chi connectivity index (χ4n) is 14.7. The zero-order valence-corrected chi connectivity index (χ0v) is 54.7. The van der Waals surface area contributed by atoms with E-state index in [1.54, 1.807) is 0 Å². The number of hydrogen-bond acceptors (Lipinski definition) is 3. The van der Waals surface area contributed by atoms with E-state index in [0.717, 1.165) is 34.1 Å². The van der Waals surface area contributed by atoms with E-state index in [4.69, 9.17) is 4.74 Å². The Labute approximate surface area is 523 Å². The maximum Gasteiger partial charge on any atom is 0.256 e. The van der Waals surface area contributed by atoms with Gasteiger partial charge in [0.25, 0.3) is 13.4 Å². The van der Waals surface area contributed by atoms with Gasteiger partial charge < -0.3 is 19.1 Å². The molecule has 0 N–H and O–H groups in total. The van der Waals surface area contributed by atoms with Crippen LogP contribution in [0.15, 0.2) is 182 Å². The van der Waals surface area contributed by atoms with Crippen molar-refractivity contribution in [2.24, 2.45) is 0 Å². The van der Waals surface area contributed by atoms with Crippen molar-refractivity contribution in [2.75, 3.05) is 9.80 Å². The minimum Gasteiger partial charge on any atom is -0.458 e. The number of ether oxygens (including phenoxy) is 1. The topological polar surface area (TPSA) is 20.6 Å². The van der Waals surface area contributed by atoms with Gasteiger partial charge in [0.15, 0.2) is 0 Å². The lowest BCUT2D eigenvalue weighted by molar-refractivity contribution is 0.487. The van der Waals surface area contributed by atoms with Crippen LogP contribution >= 0.6 is 0 Å². The van der Waals surface area contributed by atoms with Crippen molar-refractivity contribution >= 4 is 102 Å². The molecule has 0 spiro atoms. The van der Waals surface area contributed by atoms with E-state index < -0.39 is 0 Å². The summed E-state index contributed by atoms with van der Waals surface area (Å²) in [5, 5.41) is 2.60. The molecule has 10 aromatic carbocycles. The fraction of sp³-hybridized carbons (Fsp3) is 0.268. The number of aryl methyl sites for hydroxylation is 2. The molecule has 11 aromatic rings. The van der Waals surface area contributed by atoms with E-state index in [1.165, 1.54) is 133 Å². The molecule has 0 unspecified atom stereocenters. The van der Waals surface area contributed by atoms with Crippen molar-refractivity contribution in [2.45, 2.75) is 145 Å². The van der Waals surface area contributed by atoms with Crippen molar-refractivity contribution in [3.63, 3.8) is 0 Å². The van der Waals surface area contributed by atoms with Crippen LogP contribution in [0.2, 0.25) is 0 Å². The third kappa shape index (κ3) is 8.77. The average Bonchev–Trinajstić information content (AvgIpc) is 1.13. The minimum absolute atomic E-state index is 0.000354. The number of aromatic nitrogens is 1. The van der Waals surface area contributed by atoms with E-state index in [1.807, 2.05) is 0 Å². The monoisotopic (exact) mass is 1150 g/mol. The molecule has 0 fully saturated rings. The summed E-state index contributed by atoms with van der Waals surface area (Å²) >= 11 is 0. The molecule has 15 rings (SSSR count). The van der Waals surface area contributed by atoms with Crippen molar-refractivity contribution in [3.8, 4) is 39.4 Å². The van der Waals surface area contributed by atoms with Gasteiger partial charge >= 0.3 is 0 Å².